The molecule has 1 aromatic carbocycles. The van der Waals surface area contributed by atoms with Crippen LogP contribution in [0, 0.1) is 5.82 Å². The molecule has 0 aliphatic carbocycles. The normalized spacial score (nSPS) is 18.7. The maximum atomic E-state index is 12.9. The molecule has 0 radical (unpaired) electrons. The number of nitrogens with one attached hydrogen (secondary N) is 1. The van der Waals surface area contributed by atoms with E-state index in [2.05, 4.69) is 10.2 Å². The van der Waals surface area contributed by atoms with Crippen LogP contribution < -0.4 is 4.74 Å². The van der Waals surface area contributed by atoms with Crippen LogP contribution in [0.2, 0.25) is 0 Å². The smallest absolute Gasteiger partial charge is 0.281 e. The van der Waals surface area contributed by atoms with Crippen molar-refractivity contribution < 1.29 is 22.3 Å². The van der Waals surface area contributed by atoms with E-state index in [4.69, 9.17) is 9.47 Å². The lowest BCUT2D eigenvalue weighted by Crippen LogP contribution is -2.47. The first-order valence-corrected chi connectivity index (χ1v) is 9.97. The Hall–Kier alpha value is -2.01. The van der Waals surface area contributed by atoms with E-state index in [-0.39, 0.29) is 12.4 Å². The summed E-state index contributed by atoms with van der Waals surface area (Å²) in [4.78, 5) is 0. The van der Waals surface area contributed by atoms with Crippen LogP contribution in [0.4, 0.5) is 4.39 Å². The third-order valence-corrected chi connectivity index (χ3v) is 6.16. The molecule has 0 saturated carbocycles. The summed E-state index contributed by atoms with van der Waals surface area (Å²) in [7, 11) is -0.465. The van der Waals surface area contributed by atoms with Gasteiger partial charge < -0.3 is 9.47 Å². The standard InChI is InChI=1S/C17H23FN4O4S/c1-21(2)27(23,24)22-8-10-26-17(12-22)16-11-14(19-20-16)7-9-25-15-5-3-13(18)4-6-15/h3-6,11,17H,7-10,12H2,1-2H3,(H,19,20)/t17-/m0/s1. The van der Waals surface area contributed by atoms with Gasteiger partial charge in [0.1, 0.15) is 17.7 Å². The topological polar surface area (TPSA) is 87.8 Å². The minimum Gasteiger partial charge on any atom is -0.493 e. The molecule has 2 heterocycles. The van der Waals surface area contributed by atoms with Gasteiger partial charge in [-0.3, -0.25) is 5.10 Å². The predicted octanol–water partition coefficient (Wildman–Crippen LogP) is 1.35. The molecule has 1 aromatic heterocycles. The first kappa shape index (κ1) is 19.7. The first-order chi connectivity index (χ1) is 12.9. The largest absolute Gasteiger partial charge is 0.493 e. The van der Waals surface area contributed by atoms with E-state index in [1.165, 1.54) is 34.8 Å². The van der Waals surface area contributed by atoms with Gasteiger partial charge in [-0.2, -0.15) is 22.1 Å². The summed E-state index contributed by atoms with van der Waals surface area (Å²) in [6.07, 6.45) is 0.160. The van der Waals surface area contributed by atoms with Crippen molar-refractivity contribution in [2.45, 2.75) is 12.5 Å². The van der Waals surface area contributed by atoms with Gasteiger partial charge in [0.05, 0.1) is 18.9 Å². The molecule has 1 fully saturated rings. The van der Waals surface area contributed by atoms with Gasteiger partial charge in [-0.25, -0.2) is 4.39 Å². The highest BCUT2D eigenvalue weighted by Crippen LogP contribution is 2.23. The van der Waals surface area contributed by atoms with Gasteiger partial charge in [-0.15, -0.1) is 0 Å². The monoisotopic (exact) mass is 398 g/mol. The molecule has 3 rings (SSSR count). The van der Waals surface area contributed by atoms with Crippen LogP contribution in [0.3, 0.4) is 0 Å². The quantitative estimate of drug-likeness (QED) is 0.761. The number of aromatic nitrogens is 2. The number of hydrogen-bond donors (Lipinski definition) is 1. The minimum atomic E-state index is -3.48. The van der Waals surface area contributed by atoms with Gasteiger partial charge in [0.15, 0.2) is 0 Å². The highest BCUT2D eigenvalue weighted by molar-refractivity contribution is 7.86. The summed E-state index contributed by atoms with van der Waals surface area (Å²) in [6.45, 7) is 1.25. The number of H-pyrrole nitrogens is 1. The van der Waals surface area contributed by atoms with E-state index in [0.717, 1.165) is 5.69 Å². The highest BCUT2D eigenvalue weighted by atomic mass is 32.2. The van der Waals surface area contributed by atoms with Gasteiger partial charge in [0, 0.05) is 39.3 Å². The molecular formula is C17H23FN4O4S. The Morgan fingerprint density at radius 1 is 1.37 bits per heavy atom. The third kappa shape index (κ3) is 4.83. The fraction of sp³-hybridized carbons (Fsp3) is 0.471. The lowest BCUT2D eigenvalue weighted by molar-refractivity contribution is -0.00625. The Morgan fingerprint density at radius 3 is 2.81 bits per heavy atom. The average molecular weight is 398 g/mol. The molecule has 8 nitrogen and oxygen atoms in total. The van der Waals surface area contributed by atoms with E-state index < -0.39 is 16.3 Å². The van der Waals surface area contributed by atoms with Crippen molar-refractivity contribution in [2.75, 3.05) is 40.4 Å². The van der Waals surface area contributed by atoms with Crippen LogP contribution in [0.1, 0.15) is 17.5 Å². The number of nitrogens with zero attached hydrogens (tertiary/aromatic N) is 3. The summed E-state index contributed by atoms with van der Waals surface area (Å²) in [5.74, 6) is 0.287. The zero-order chi connectivity index (χ0) is 19.4. The predicted molar refractivity (Wildman–Crippen MR) is 97.1 cm³/mol. The summed E-state index contributed by atoms with van der Waals surface area (Å²) in [5, 5.41) is 7.17. The van der Waals surface area contributed by atoms with Crippen molar-refractivity contribution in [3.8, 4) is 5.75 Å². The molecule has 10 heteroatoms. The van der Waals surface area contributed by atoms with Crippen LogP contribution in [0.5, 0.6) is 5.75 Å². The zero-order valence-electron chi connectivity index (χ0n) is 15.3. The molecule has 0 amide bonds. The summed E-state index contributed by atoms with van der Waals surface area (Å²) >= 11 is 0. The van der Waals surface area contributed by atoms with Crippen LogP contribution in [0.25, 0.3) is 0 Å². The van der Waals surface area contributed by atoms with Crippen LogP contribution in [-0.4, -0.2) is 67.6 Å². The van der Waals surface area contributed by atoms with E-state index in [1.54, 1.807) is 12.1 Å². The van der Waals surface area contributed by atoms with E-state index in [0.29, 0.717) is 37.6 Å². The molecule has 0 spiro atoms. The number of halogens is 1. The van der Waals surface area contributed by atoms with Gasteiger partial charge in [-0.1, -0.05) is 0 Å². The number of rotatable bonds is 7. The van der Waals surface area contributed by atoms with Crippen molar-refractivity contribution in [1.29, 1.82) is 0 Å². The Labute approximate surface area is 158 Å². The summed E-state index contributed by atoms with van der Waals surface area (Å²) in [5.41, 5.74) is 1.51. The molecule has 1 atom stereocenters. The molecule has 1 saturated heterocycles. The Kier molecular flexibility index (Phi) is 6.10. The molecule has 1 N–H and O–H groups in total. The van der Waals surface area contributed by atoms with Crippen molar-refractivity contribution in [2.24, 2.45) is 0 Å². The van der Waals surface area contributed by atoms with E-state index in [1.807, 2.05) is 6.07 Å². The minimum absolute atomic E-state index is 0.219. The molecule has 0 bridgehead atoms. The Bertz CT molecular complexity index is 854. The van der Waals surface area contributed by atoms with Crippen molar-refractivity contribution in [1.82, 2.24) is 18.8 Å². The van der Waals surface area contributed by atoms with Gasteiger partial charge >= 0.3 is 0 Å². The molecule has 0 unspecified atom stereocenters. The third-order valence-electron chi connectivity index (χ3n) is 4.25. The second-order valence-corrected chi connectivity index (χ2v) is 8.52. The van der Waals surface area contributed by atoms with Gasteiger partial charge in [0.25, 0.3) is 10.2 Å². The van der Waals surface area contributed by atoms with Crippen LogP contribution in [-0.2, 0) is 21.4 Å². The Balaban J connectivity index is 1.56. The second kappa shape index (κ2) is 8.34. The molecule has 2 aromatic rings. The Morgan fingerprint density at radius 2 is 2.11 bits per heavy atom. The van der Waals surface area contributed by atoms with Crippen LogP contribution in [0.15, 0.2) is 30.3 Å². The van der Waals surface area contributed by atoms with Gasteiger partial charge in [0.2, 0.25) is 0 Å². The van der Waals surface area contributed by atoms with Gasteiger partial charge in [-0.05, 0) is 30.3 Å². The number of hydrogen-bond acceptors (Lipinski definition) is 5. The van der Waals surface area contributed by atoms with Crippen molar-refractivity contribution in [3.63, 3.8) is 0 Å². The molecule has 27 heavy (non-hydrogen) atoms. The molecule has 1 aliphatic rings. The maximum absolute atomic E-state index is 12.9. The molecule has 1 aliphatic heterocycles. The highest BCUT2D eigenvalue weighted by Gasteiger charge is 2.32. The SMILES string of the molecule is CN(C)S(=O)(=O)N1CCO[C@H](c2cc(CCOc3ccc(F)cc3)[nH]n2)C1. The van der Waals surface area contributed by atoms with Crippen molar-refractivity contribution >= 4 is 10.2 Å². The fourth-order valence-corrected chi connectivity index (χ4v) is 3.82. The lowest BCUT2D eigenvalue weighted by atomic mass is 10.2. The second-order valence-electron chi connectivity index (χ2n) is 6.38. The van der Waals surface area contributed by atoms with Crippen LogP contribution >= 0.6 is 0 Å². The molecule has 148 valence electrons. The number of morpholine rings is 1. The summed E-state index contributed by atoms with van der Waals surface area (Å²) < 4.78 is 51.3. The maximum Gasteiger partial charge on any atom is 0.281 e. The lowest BCUT2D eigenvalue weighted by Gasteiger charge is -2.32. The first-order valence-electron chi connectivity index (χ1n) is 8.58. The fourth-order valence-electron chi connectivity index (χ4n) is 2.73. The summed E-state index contributed by atoms with van der Waals surface area (Å²) in [6, 6.07) is 7.69. The number of aromatic amines is 1. The molecular weight excluding hydrogens is 375 g/mol. The average Bonchev–Trinajstić information content (AvgIpc) is 3.12. The zero-order valence-corrected chi connectivity index (χ0v) is 16.1. The number of benzene rings is 1. The number of ether oxygens (including phenoxy) is 2. The van der Waals surface area contributed by atoms with Crippen molar-refractivity contribution in [3.05, 3.63) is 47.5 Å². The van der Waals surface area contributed by atoms with E-state index in [9.17, 15) is 12.8 Å². The van der Waals surface area contributed by atoms with E-state index >= 15 is 0 Å².